The molecule has 1 rings (SSSR count). The molecule has 0 saturated carbocycles. The molecule has 0 aliphatic rings. The molecule has 1 aromatic carbocycles. The second kappa shape index (κ2) is 4.29. The molecule has 76 valence electrons. The first-order valence-corrected chi connectivity index (χ1v) is 4.83. The Hall–Kier alpha value is -0.580. The Morgan fingerprint density at radius 3 is 2.21 bits per heavy atom. The van der Waals surface area contributed by atoms with E-state index in [0.717, 1.165) is 9.87 Å². The summed E-state index contributed by atoms with van der Waals surface area (Å²) < 4.78 is 0.907. The van der Waals surface area contributed by atoms with Crippen LogP contribution in [0.4, 0.5) is 10.5 Å². The summed E-state index contributed by atoms with van der Waals surface area (Å²) in [6, 6.07) is 2.62. The first-order valence-electron chi connectivity index (χ1n) is 3.67. The number of nitrogens with zero attached hydrogens (tertiary/aromatic N) is 1. The minimum Gasteiger partial charge on any atom is -0.350 e. The van der Waals surface area contributed by atoms with Crippen molar-refractivity contribution in [3.05, 3.63) is 27.7 Å². The second-order valence-corrected chi connectivity index (χ2v) is 3.94. The topological polar surface area (TPSA) is 46.3 Å². The molecule has 0 aromatic heterocycles. The van der Waals surface area contributed by atoms with Crippen molar-refractivity contribution in [2.75, 3.05) is 4.31 Å². The number of rotatable bonds is 1. The lowest BCUT2D eigenvalue weighted by Gasteiger charge is -2.16. The van der Waals surface area contributed by atoms with Crippen LogP contribution >= 0.6 is 36.0 Å². The highest BCUT2D eigenvalue weighted by atomic mass is 35.5. The number of thiol groups is 1. The van der Waals surface area contributed by atoms with Crippen LogP contribution in [0.25, 0.3) is 0 Å². The van der Waals surface area contributed by atoms with Gasteiger partial charge in [0.1, 0.15) is 0 Å². The zero-order valence-corrected chi connectivity index (χ0v) is 9.70. The number of hydrogen-bond donors (Lipinski definition) is 2. The Kier molecular flexibility index (Phi) is 3.53. The van der Waals surface area contributed by atoms with Gasteiger partial charge in [-0.05, 0) is 24.6 Å². The largest absolute Gasteiger partial charge is 0.350 e. The first kappa shape index (κ1) is 11.5. The molecule has 0 aliphatic heterocycles. The predicted molar refractivity (Wildman–Crippen MR) is 62.2 cm³/mol. The number of aryl methyl sites for hydroxylation is 1. The molecule has 1 aromatic rings. The number of benzene rings is 1. The van der Waals surface area contributed by atoms with E-state index in [9.17, 15) is 4.79 Å². The number of carbonyl (C=O) groups excluding carboxylic acids is 1. The minimum atomic E-state index is -0.735. The summed E-state index contributed by atoms with van der Waals surface area (Å²) in [5, 5.41) is 0.674. The molecule has 6 heteroatoms. The molecular formula is C8H8Cl2N2OS. The van der Waals surface area contributed by atoms with E-state index in [1.807, 2.05) is 6.92 Å². The van der Waals surface area contributed by atoms with Gasteiger partial charge in [0.15, 0.2) is 0 Å². The van der Waals surface area contributed by atoms with Crippen LogP contribution in [0.15, 0.2) is 12.1 Å². The van der Waals surface area contributed by atoms with Crippen LogP contribution < -0.4 is 10.0 Å². The summed E-state index contributed by atoms with van der Waals surface area (Å²) in [4.78, 5) is 10.8. The molecule has 0 bridgehead atoms. The van der Waals surface area contributed by atoms with E-state index in [0.29, 0.717) is 15.7 Å². The predicted octanol–water partition coefficient (Wildman–Crippen LogP) is 3.03. The van der Waals surface area contributed by atoms with Crippen LogP contribution in [0.2, 0.25) is 10.0 Å². The fourth-order valence-electron chi connectivity index (χ4n) is 1.00. The van der Waals surface area contributed by atoms with Crippen molar-refractivity contribution in [2.24, 2.45) is 5.73 Å². The van der Waals surface area contributed by atoms with Crippen LogP contribution in [-0.2, 0) is 0 Å². The van der Waals surface area contributed by atoms with E-state index in [2.05, 4.69) is 12.8 Å². The molecule has 0 atom stereocenters. The fourth-order valence-corrected chi connectivity index (χ4v) is 2.10. The van der Waals surface area contributed by atoms with E-state index in [1.54, 1.807) is 12.1 Å². The monoisotopic (exact) mass is 250 g/mol. The van der Waals surface area contributed by atoms with Crippen LogP contribution in [0.3, 0.4) is 0 Å². The lowest BCUT2D eigenvalue weighted by molar-refractivity contribution is 0.257. The number of halogens is 2. The highest BCUT2D eigenvalue weighted by molar-refractivity contribution is 7.82. The fraction of sp³-hybridized carbons (Fsp3) is 0.125. The van der Waals surface area contributed by atoms with Gasteiger partial charge in [-0.15, -0.1) is 0 Å². The molecule has 0 heterocycles. The number of urea groups is 1. The summed E-state index contributed by atoms with van der Waals surface area (Å²) in [5.74, 6) is 0. The summed E-state index contributed by atoms with van der Waals surface area (Å²) in [6.07, 6.45) is 0. The van der Waals surface area contributed by atoms with E-state index in [1.165, 1.54) is 0 Å². The van der Waals surface area contributed by atoms with Gasteiger partial charge >= 0.3 is 6.03 Å². The summed E-state index contributed by atoms with van der Waals surface area (Å²) in [5.41, 5.74) is 6.24. The third kappa shape index (κ3) is 2.26. The third-order valence-electron chi connectivity index (χ3n) is 1.58. The van der Waals surface area contributed by atoms with Gasteiger partial charge in [0.25, 0.3) is 0 Å². The van der Waals surface area contributed by atoms with Crippen LogP contribution in [0.1, 0.15) is 5.56 Å². The number of nitrogens with two attached hydrogens (primary N) is 1. The SMILES string of the molecule is Cc1cc(Cl)c(N(S)C(N)=O)c(Cl)c1. The average molecular weight is 251 g/mol. The van der Waals surface area contributed by atoms with Gasteiger partial charge in [0.05, 0.1) is 15.7 Å². The quantitative estimate of drug-likeness (QED) is 0.740. The standard InChI is InChI=1S/C8H8Cl2N2OS/c1-4-2-5(9)7(6(10)3-4)12(14)8(11)13/h2-3,14H,1H3,(H2,11,13). The minimum absolute atomic E-state index is 0.301. The zero-order chi connectivity index (χ0) is 10.9. The van der Waals surface area contributed by atoms with E-state index in [4.69, 9.17) is 28.9 Å². The third-order valence-corrected chi connectivity index (χ3v) is 2.56. The van der Waals surface area contributed by atoms with Crippen molar-refractivity contribution < 1.29 is 4.79 Å². The number of hydrogen-bond acceptors (Lipinski definition) is 2. The van der Waals surface area contributed by atoms with Crippen molar-refractivity contribution in [2.45, 2.75) is 6.92 Å². The van der Waals surface area contributed by atoms with Crippen molar-refractivity contribution in [1.82, 2.24) is 0 Å². The van der Waals surface area contributed by atoms with Gasteiger partial charge in [0.2, 0.25) is 0 Å². The molecule has 0 saturated heterocycles. The molecule has 2 N–H and O–H groups in total. The van der Waals surface area contributed by atoms with E-state index in [-0.39, 0.29) is 0 Å². The molecule has 0 radical (unpaired) electrons. The van der Waals surface area contributed by atoms with Crippen LogP contribution in [0, 0.1) is 6.92 Å². The van der Waals surface area contributed by atoms with E-state index >= 15 is 0 Å². The molecular weight excluding hydrogens is 243 g/mol. The van der Waals surface area contributed by atoms with E-state index < -0.39 is 6.03 Å². The maximum absolute atomic E-state index is 10.8. The summed E-state index contributed by atoms with van der Waals surface area (Å²) in [7, 11) is 0. The lowest BCUT2D eigenvalue weighted by Crippen LogP contribution is -2.27. The number of carbonyl (C=O) groups is 1. The van der Waals surface area contributed by atoms with Gasteiger partial charge in [0, 0.05) is 0 Å². The van der Waals surface area contributed by atoms with Gasteiger partial charge in [-0.25, -0.2) is 9.10 Å². The van der Waals surface area contributed by atoms with Crippen LogP contribution in [0.5, 0.6) is 0 Å². The molecule has 0 aliphatic carbocycles. The molecule has 0 unspecified atom stereocenters. The van der Waals surface area contributed by atoms with Gasteiger partial charge in [-0.1, -0.05) is 36.0 Å². The number of anilines is 1. The smallest absolute Gasteiger partial charge is 0.329 e. The van der Waals surface area contributed by atoms with Crippen molar-refractivity contribution in [3.63, 3.8) is 0 Å². The van der Waals surface area contributed by atoms with Crippen LogP contribution in [-0.4, -0.2) is 6.03 Å². The Morgan fingerprint density at radius 2 is 1.86 bits per heavy atom. The Morgan fingerprint density at radius 1 is 1.43 bits per heavy atom. The molecule has 14 heavy (non-hydrogen) atoms. The maximum Gasteiger partial charge on any atom is 0.329 e. The Balaban J connectivity index is 3.27. The summed E-state index contributed by atoms with van der Waals surface area (Å²) >= 11 is 15.7. The Labute approximate surface area is 97.3 Å². The van der Waals surface area contributed by atoms with Crippen molar-refractivity contribution in [3.8, 4) is 0 Å². The second-order valence-electron chi connectivity index (χ2n) is 2.73. The highest BCUT2D eigenvalue weighted by Crippen LogP contribution is 2.35. The molecule has 0 spiro atoms. The maximum atomic E-state index is 10.8. The lowest BCUT2D eigenvalue weighted by atomic mass is 10.2. The summed E-state index contributed by atoms with van der Waals surface area (Å²) in [6.45, 7) is 1.84. The average Bonchev–Trinajstić information content (AvgIpc) is 2.01. The van der Waals surface area contributed by atoms with Gasteiger partial charge in [-0.3, -0.25) is 0 Å². The Bertz CT molecular complexity index is 361. The van der Waals surface area contributed by atoms with Gasteiger partial charge in [-0.2, -0.15) is 0 Å². The highest BCUT2D eigenvalue weighted by Gasteiger charge is 2.16. The molecule has 0 fully saturated rings. The number of primary amides is 1. The molecule has 3 nitrogen and oxygen atoms in total. The van der Waals surface area contributed by atoms with Gasteiger partial charge < -0.3 is 5.73 Å². The zero-order valence-electron chi connectivity index (χ0n) is 7.29. The van der Waals surface area contributed by atoms with Crippen molar-refractivity contribution in [1.29, 1.82) is 0 Å². The molecule has 2 amide bonds. The van der Waals surface area contributed by atoms with Crippen molar-refractivity contribution >= 4 is 47.7 Å². The number of amides is 2. The first-order chi connectivity index (χ1) is 6.43. The normalized spacial score (nSPS) is 10.0.